The number of amides is 2. The summed E-state index contributed by atoms with van der Waals surface area (Å²) in [5, 5.41) is 0.592. The summed E-state index contributed by atoms with van der Waals surface area (Å²) in [6.45, 7) is 3.67. The van der Waals surface area contributed by atoms with Gasteiger partial charge in [0, 0.05) is 12.8 Å². The van der Waals surface area contributed by atoms with Crippen molar-refractivity contribution in [3.8, 4) is 0 Å². The van der Waals surface area contributed by atoms with Gasteiger partial charge in [-0.3, -0.25) is 9.59 Å². The first-order valence-corrected chi connectivity index (χ1v) is 5.13. The molecule has 0 aromatic heterocycles. The van der Waals surface area contributed by atoms with Gasteiger partial charge in [-0.2, -0.15) is 0 Å². The van der Waals surface area contributed by atoms with Gasteiger partial charge in [0.15, 0.2) is 0 Å². The predicted octanol–water partition coefficient (Wildman–Crippen LogP) is 1.03. The third-order valence-corrected chi connectivity index (χ3v) is 2.31. The third-order valence-electron chi connectivity index (χ3n) is 2.31. The summed E-state index contributed by atoms with van der Waals surface area (Å²) in [6, 6.07) is 0. The zero-order chi connectivity index (χ0) is 11.4. The quantitative estimate of drug-likeness (QED) is 0.654. The molecule has 1 aliphatic heterocycles. The van der Waals surface area contributed by atoms with Gasteiger partial charge in [0.05, 0.1) is 5.92 Å². The summed E-state index contributed by atoms with van der Waals surface area (Å²) in [4.78, 5) is 38.4. The molecule has 15 heavy (non-hydrogen) atoms. The lowest BCUT2D eigenvalue weighted by Gasteiger charge is -2.15. The molecular formula is C10H15NO4. The highest BCUT2D eigenvalue weighted by Crippen LogP contribution is 2.15. The molecule has 0 radical (unpaired) electrons. The van der Waals surface area contributed by atoms with Crippen molar-refractivity contribution < 1.29 is 19.2 Å². The molecule has 1 heterocycles. The molecular weight excluding hydrogens is 198 g/mol. The highest BCUT2D eigenvalue weighted by molar-refractivity contribution is 6.01. The van der Waals surface area contributed by atoms with Crippen molar-refractivity contribution in [2.45, 2.75) is 39.5 Å². The molecule has 84 valence electrons. The van der Waals surface area contributed by atoms with E-state index < -0.39 is 17.8 Å². The number of carbonyl (C=O) groups is 3. The molecule has 0 aromatic carbocycles. The van der Waals surface area contributed by atoms with E-state index in [9.17, 15) is 14.4 Å². The first kappa shape index (κ1) is 11.7. The molecule has 0 spiro atoms. The van der Waals surface area contributed by atoms with E-state index in [-0.39, 0.29) is 18.8 Å². The maximum absolute atomic E-state index is 11.4. The average Bonchev–Trinajstić information content (AvgIpc) is 2.49. The normalized spacial score (nSPS) is 18.1. The Kier molecular flexibility index (Phi) is 3.82. The molecule has 0 aliphatic carbocycles. The van der Waals surface area contributed by atoms with Gasteiger partial charge in [0.1, 0.15) is 0 Å². The molecule has 1 aliphatic rings. The van der Waals surface area contributed by atoms with Crippen molar-refractivity contribution in [2.75, 3.05) is 0 Å². The van der Waals surface area contributed by atoms with Crippen LogP contribution in [0, 0.1) is 5.92 Å². The summed E-state index contributed by atoms with van der Waals surface area (Å²) in [6.07, 6.45) is 1.82. The van der Waals surface area contributed by atoms with E-state index in [2.05, 4.69) is 0 Å². The first-order chi connectivity index (χ1) is 7.06. The average molecular weight is 213 g/mol. The van der Waals surface area contributed by atoms with Gasteiger partial charge < -0.3 is 4.84 Å². The molecule has 1 rings (SSSR count). The number of imide groups is 1. The Labute approximate surface area is 88.3 Å². The lowest BCUT2D eigenvalue weighted by molar-refractivity contribution is -0.200. The standard InChI is InChI=1S/C10H15NO4/c1-3-4-7(2)10(14)15-11-8(12)5-6-9(11)13/h7H,3-6H2,1-2H3. The fraction of sp³-hybridized carbons (Fsp3) is 0.700. The minimum Gasteiger partial charge on any atom is -0.330 e. The summed E-state index contributed by atoms with van der Waals surface area (Å²) < 4.78 is 0. The van der Waals surface area contributed by atoms with Gasteiger partial charge >= 0.3 is 5.97 Å². The van der Waals surface area contributed by atoms with Gasteiger partial charge in [-0.1, -0.05) is 20.3 Å². The van der Waals surface area contributed by atoms with Crippen molar-refractivity contribution in [3.05, 3.63) is 0 Å². The number of rotatable bonds is 4. The SMILES string of the molecule is CCCC(C)C(=O)ON1C(=O)CCC1=O. The second-order valence-corrected chi connectivity index (χ2v) is 3.68. The van der Waals surface area contributed by atoms with E-state index in [1.165, 1.54) is 0 Å². The van der Waals surface area contributed by atoms with E-state index in [0.29, 0.717) is 11.5 Å². The Morgan fingerprint density at radius 2 is 1.93 bits per heavy atom. The van der Waals surface area contributed by atoms with E-state index in [0.717, 1.165) is 6.42 Å². The molecule has 0 bridgehead atoms. The van der Waals surface area contributed by atoms with Crippen LogP contribution in [0.2, 0.25) is 0 Å². The number of nitrogens with zero attached hydrogens (tertiary/aromatic N) is 1. The number of hydroxylamine groups is 2. The Morgan fingerprint density at radius 3 is 2.40 bits per heavy atom. The maximum atomic E-state index is 11.4. The lowest BCUT2D eigenvalue weighted by atomic mass is 10.1. The fourth-order valence-corrected chi connectivity index (χ4v) is 1.39. The number of hydrogen-bond donors (Lipinski definition) is 0. The number of hydrogen-bond acceptors (Lipinski definition) is 4. The van der Waals surface area contributed by atoms with Gasteiger partial charge in [0.25, 0.3) is 11.8 Å². The van der Waals surface area contributed by atoms with Crippen molar-refractivity contribution in [1.82, 2.24) is 5.06 Å². The topological polar surface area (TPSA) is 63.7 Å². The third kappa shape index (κ3) is 2.78. The summed E-state index contributed by atoms with van der Waals surface area (Å²) in [5.74, 6) is -1.66. The highest BCUT2D eigenvalue weighted by atomic mass is 16.7. The molecule has 0 aromatic rings. The van der Waals surface area contributed by atoms with Crippen molar-refractivity contribution in [2.24, 2.45) is 5.92 Å². The minimum absolute atomic E-state index is 0.133. The van der Waals surface area contributed by atoms with Crippen LogP contribution in [0.15, 0.2) is 0 Å². The lowest BCUT2D eigenvalue weighted by Crippen LogP contribution is -2.34. The van der Waals surface area contributed by atoms with Crippen molar-refractivity contribution in [3.63, 3.8) is 0 Å². The highest BCUT2D eigenvalue weighted by Gasteiger charge is 2.33. The van der Waals surface area contributed by atoms with Crippen LogP contribution >= 0.6 is 0 Å². The summed E-state index contributed by atoms with van der Waals surface area (Å²) in [5.41, 5.74) is 0. The van der Waals surface area contributed by atoms with E-state index in [4.69, 9.17) is 4.84 Å². The van der Waals surface area contributed by atoms with E-state index in [1.807, 2.05) is 6.92 Å². The monoisotopic (exact) mass is 213 g/mol. The van der Waals surface area contributed by atoms with Crippen LogP contribution < -0.4 is 0 Å². The molecule has 2 amide bonds. The van der Waals surface area contributed by atoms with Crippen LogP contribution in [0.4, 0.5) is 0 Å². The minimum atomic E-state index is -0.513. The Morgan fingerprint density at radius 1 is 1.40 bits per heavy atom. The molecule has 1 fully saturated rings. The van der Waals surface area contributed by atoms with Gasteiger partial charge in [-0.05, 0) is 6.42 Å². The number of carbonyl (C=O) groups excluding carboxylic acids is 3. The van der Waals surface area contributed by atoms with Crippen LogP contribution in [-0.2, 0) is 19.2 Å². The van der Waals surface area contributed by atoms with Crippen LogP contribution in [0.25, 0.3) is 0 Å². The summed E-state index contributed by atoms with van der Waals surface area (Å²) in [7, 11) is 0. The molecule has 0 saturated carbocycles. The molecule has 1 unspecified atom stereocenters. The first-order valence-electron chi connectivity index (χ1n) is 5.13. The molecule has 5 heteroatoms. The Hall–Kier alpha value is -1.39. The molecule has 1 saturated heterocycles. The second kappa shape index (κ2) is 4.91. The second-order valence-electron chi connectivity index (χ2n) is 3.68. The zero-order valence-corrected chi connectivity index (χ0v) is 8.99. The van der Waals surface area contributed by atoms with Crippen LogP contribution in [0.5, 0.6) is 0 Å². The van der Waals surface area contributed by atoms with Gasteiger partial charge in [-0.25, -0.2) is 4.79 Å². The largest absolute Gasteiger partial charge is 0.335 e. The van der Waals surface area contributed by atoms with E-state index in [1.54, 1.807) is 6.92 Å². The van der Waals surface area contributed by atoms with Crippen LogP contribution in [0.1, 0.15) is 39.5 Å². The molecule has 1 atom stereocenters. The van der Waals surface area contributed by atoms with Crippen LogP contribution in [0.3, 0.4) is 0 Å². The smallest absolute Gasteiger partial charge is 0.330 e. The van der Waals surface area contributed by atoms with Crippen molar-refractivity contribution in [1.29, 1.82) is 0 Å². The van der Waals surface area contributed by atoms with Crippen LogP contribution in [-0.4, -0.2) is 22.8 Å². The van der Waals surface area contributed by atoms with Gasteiger partial charge in [-0.15, -0.1) is 5.06 Å². The molecule has 5 nitrogen and oxygen atoms in total. The fourth-order valence-electron chi connectivity index (χ4n) is 1.39. The predicted molar refractivity (Wildman–Crippen MR) is 51.3 cm³/mol. The molecule has 0 N–H and O–H groups in total. The Balaban J connectivity index is 2.50. The van der Waals surface area contributed by atoms with Gasteiger partial charge in [0.2, 0.25) is 0 Å². The Bertz CT molecular complexity index is 271. The summed E-state index contributed by atoms with van der Waals surface area (Å²) >= 11 is 0. The maximum Gasteiger partial charge on any atom is 0.335 e. The zero-order valence-electron chi connectivity index (χ0n) is 8.99. The van der Waals surface area contributed by atoms with E-state index >= 15 is 0 Å². The van der Waals surface area contributed by atoms with Crippen molar-refractivity contribution >= 4 is 17.8 Å².